The Morgan fingerprint density at radius 2 is 1.76 bits per heavy atom. The molecule has 0 aliphatic rings. The molecule has 2 aromatic rings. The average molecular weight is 532 g/mol. The normalized spacial score (nSPS) is 12.7. The fraction of sp³-hybridized carbons (Fsp3) is 0.517. The smallest absolute Gasteiger partial charge is 0.307 e. The van der Waals surface area contributed by atoms with Crippen molar-refractivity contribution in [3.05, 3.63) is 53.1 Å². The highest BCUT2D eigenvalue weighted by Gasteiger charge is 2.24. The largest absolute Gasteiger partial charge is 0.496 e. The van der Waals surface area contributed by atoms with E-state index in [9.17, 15) is 23.1 Å². The molecular formula is C29H41NO6S. The number of anilines is 1. The number of hydrogen-bond acceptors (Lipinski definition) is 5. The van der Waals surface area contributed by atoms with Gasteiger partial charge in [-0.3, -0.25) is 9.59 Å². The van der Waals surface area contributed by atoms with Crippen LogP contribution >= 0.6 is 0 Å². The summed E-state index contributed by atoms with van der Waals surface area (Å²) >= 11 is 0. The molecule has 0 saturated heterocycles. The predicted molar refractivity (Wildman–Crippen MR) is 147 cm³/mol. The van der Waals surface area contributed by atoms with Crippen molar-refractivity contribution < 1.29 is 27.9 Å². The third-order valence-corrected chi connectivity index (χ3v) is 8.23. The molecule has 0 fully saturated rings. The minimum Gasteiger partial charge on any atom is -0.496 e. The monoisotopic (exact) mass is 531 g/mol. The zero-order valence-corrected chi connectivity index (χ0v) is 23.7. The van der Waals surface area contributed by atoms with E-state index in [2.05, 4.69) is 12.2 Å². The highest BCUT2D eigenvalue weighted by molar-refractivity contribution is 7.91. The number of aliphatic carboxylic acids is 1. The lowest BCUT2D eigenvalue weighted by Gasteiger charge is -2.25. The molecule has 2 N–H and O–H groups in total. The van der Waals surface area contributed by atoms with E-state index in [0.717, 1.165) is 36.8 Å². The maximum Gasteiger partial charge on any atom is 0.307 e. The minimum absolute atomic E-state index is 0.00507. The zero-order valence-electron chi connectivity index (χ0n) is 22.9. The van der Waals surface area contributed by atoms with Crippen molar-refractivity contribution in [2.24, 2.45) is 0 Å². The zero-order chi connectivity index (χ0) is 27.8. The summed E-state index contributed by atoms with van der Waals surface area (Å²) in [5.41, 5.74) is 2.70. The molecule has 0 aliphatic heterocycles. The maximum atomic E-state index is 13.3. The number of unbranched alkanes of at least 4 members (excludes halogenated alkanes) is 2. The SMILES string of the molecule is CCCCCC(CC(=O)Nc1cc(CC(=O)O)ccc1C(C)(C)C)c1ccc(S(=O)(=O)CC)cc1OC. The molecule has 0 spiro atoms. The van der Waals surface area contributed by atoms with E-state index in [1.54, 1.807) is 37.3 Å². The average Bonchev–Trinajstić information content (AvgIpc) is 2.82. The lowest BCUT2D eigenvalue weighted by Crippen LogP contribution is -2.21. The van der Waals surface area contributed by atoms with Crippen LogP contribution in [-0.4, -0.2) is 38.3 Å². The van der Waals surface area contributed by atoms with E-state index in [0.29, 0.717) is 17.0 Å². The van der Waals surface area contributed by atoms with Gasteiger partial charge in [0.1, 0.15) is 5.75 Å². The van der Waals surface area contributed by atoms with Crippen LogP contribution in [0.15, 0.2) is 41.3 Å². The number of sulfone groups is 1. The Morgan fingerprint density at radius 1 is 1.05 bits per heavy atom. The van der Waals surface area contributed by atoms with Crippen LogP contribution in [0.1, 0.15) is 89.3 Å². The number of methoxy groups -OCH3 is 1. The molecule has 37 heavy (non-hydrogen) atoms. The summed E-state index contributed by atoms with van der Waals surface area (Å²) in [6.45, 7) is 9.84. The second-order valence-electron chi connectivity index (χ2n) is 10.5. The summed E-state index contributed by atoms with van der Waals surface area (Å²) in [5, 5.41) is 12.2. The van der Waals surface area contributed by atoms with Crippen LogP contribution in [0.3, 0.4) is 0 Å². The number of rotatable bonds is 13. The summed E-state index contributed by atoms with van der Waals surface area (Å²) in [6.07, 6.45) is 3.80. The first-order valence-corrected chi connectivity index (χ1v) is 14.5. The molecule has 0 radical (unpaired) electrons. The standard InChI is InChI=1S/C29H41NO6S/c1-7-9-10-11-21(23-14-13-22(19-26(23)36-6)37(34,35)8-2)18-27(31)30-25-16-20(17-28(32)33)12-15-24(25)29(3,4)5/h12-16,19,21H,7-11,17-18H2,1-6H3,(H,30,31)(H,32,33). The molecule has 0 bridgehead atoms. The van der Waals surface area contributed by atoms with Crippen LogP contribution in [-0.2, 0) is 31.3 Å². The van der Waals surface area contributed by atoms with E-state index < -0.39 is 15.8 Å². The Hall–Kier alpha value is -2.87. The Morgan fingerprint density at radius 3 is 2.32 bits per heavy atom. The van der Waals surface area contributed by atoms with E-state index in [4.69, 9.17) is 4.74 Å². The van der Waals surface area contributed by atoms with Gasteiger partial charge in [0.15, 0.2) is 9.84 Å². The van der Waals surface area contributed by atoms with Gasteiger partial charge in [-0.25, -0.2) is 8.42 Å². The minimum atomic E-state index is -3.39. The fourth-order valence-corrected chi connectivity index (χ4v) is 5.35. The molecule has 8 heteroatoms. The molecule has 1 amide bonds. The number of benzene rings is 2. The van der Waals surface area contributed by atoms with Gasteiger partial charge in [0, 0.05) is 12.1 Å². The summed E-state index contributed by atoms with van der Waals surface area (Å²) in [6, 6.07) is 10.3. The van der Waals surface area contributed by atoms with Crippen LogP contribution < -0.4 is 10.1 Å². The molecule has 1 atom stereocenters. The lowest BCUT2D eigenvalue weighted by atomic mass is 9.84. The van der Waals surface area contributed by atoms with Crippen LogP contribution in [0.25, 0.3) is 0 Å². The number of carbonyl (C=O) groups is 2. The van der Waals surface area contributed by atoms with Gasteiger partial charge in [0.25, 0.3) is 0 Å². The van der Waals surface area contributed by atoms with Crippen LogP contribution in [0, 0.1) is 0 Å². The molecular weight excluding hydrogens is 490 g/mol. The first kappa shape index (κ1) is 30.4. The summed E-state index contributed by atoms with van der Waals surface area (Å²) < 4.78 is 30.4. The number of nitrogens with one attached hydrogen (secondary N) is 1. The number of ether oxygens (including phenoxy) is 1. The first-order valence-electron chi connectivity index (χ1n) is 12.9. The van der Waals surface area contributed by atoms with Crippen LogP contribution in [0.5, 0.6) is 5.75 Å². The van der Waals surface area contributed by atoms with Gasteiger partial charge >= 0.3 is 5.97 Å². The number of carboxylic acid groups (broad SMARTS) is 1. The van der Waals surface area contributed by atoms with Crippen molar-refractivity contribution in [2.45, 2.75) is 89.4 Å². The quantitative estimate of drug-likeness (QED) is 0.302. The van der Waals surface area contributed by atoms with Crippen molar-refractivity contribution in [1.82, 2.24) is 0 Å². The molecule has 1 unspecified atom stereocenters. The third kappa shape index (κ3) is 8.59. The van der Waals surface area contributed by atoms with Crippen molar-refractivity contribution in [1.29, 1.82) is 0 Å². The van der Waals surface area contributed by atoms with Crippen molar-refractivity contribution in [3.8, 4) is 5.75 Å². The number of carbonyl (C=O) groups excluding carboxylic acids is 1. The Bertz CT molecular complexity index is 1200. The molecule has 7 nitrogen and oxygen atoms in total. The Labute approximate surface area is 221 Å². The number of carboxylic acids is 1. The van der Waals surface area contributed by atoms with Crippen molar-refractivity contribution >= 4 is 27.4 Å². The van der Waals surface area contributed by atoms with Crippen LogP contribution in [0.4, 0.5) is 5.69 Å². The molecule has 0 heterocycles. The first-order chi connectivity index (χ1) is 17.3. The third-order valence-electron chi connectivity index (χ3n) is 6.49. The maximum absolute atomic E-state index is 13.3. The van der Waals surface area contributed by atoms with Gasteiger partial charge in [0.05, 0.1) is 24.2 Å². The predicted octanol–water partition coefficient (Wildman–Crippen LogP) is 6.11. The van der Waals surface area contributed by atoms with E-state index in [1.165, 1.54) is 7.11 Å². The van der Waals surface area contributed by atoms with Gasteiger partial charge in [-0.2, -0.15) is 0 Å². The highest BCUT2D eigenvalue weighted by atomic mass is 32.2. The fourth-order valence-electron chi connectivity index (χ4n) is 4.46. The second kappa shape index (κ2) is 13.1. The molecule has 0 aromatic heterocycles. The molecule has 204 valence electrons. The van der Waals surface area contributed by atoms with Crippen LogP contribution in [0.2, 0.25) is 0 Å². The number of amides is 1. The Kier molecular flexibility index (Phi) is 10.7. The van der Waals surface area contributed by atoms with Crippen molar-refractivity contribution in [2.75, 3.05) is 18.2 Å². The van der Waals surface area contributed by atoms with Gasteiger partial charge in [-0.15, -0.1) is 0 Å². The highest BCUT2D eigenvalue weighted by Crippen LogP contribution is 2.36. The van der Waals surface area contributed by atoms with E-state index >= 15 is 0 Å². The second-order valence-corrected chi connectivity index (χ2v) is 12.7. The molecule has 2 rings (SSSR count). The Balaban J connectivity index is 2.40. The van der Waals surface area contributed by atoms with Crippen molar-refractivity contribution in [3.63, 3.8) is 0 Å². The topological polar surface area (TPSA) is 110 Å². The van der Waals surface area contributed by atoms with E-state index in [1.807, 2.05) is 26.8 Å². The van der Waals surface area contributed by atoms with Gasteiger partial charge in [-0.1, -0.05) is 72.1 Å². The summed E-state index contributed by atoms with van der Waals surface area (Å²) in [7, 11) is -1.88. The van der Waals surface area contributed by atoms with Gasteiger partial charge in [0.2, 0.25) is 5.91 Å². The van der Waals surface area contributed by atoms with Gasteiger partial charge in [-0.05, 0) is 52.6 Å². The van der Waals surface area contributed by atoms with Gasteiger partial charge < -0.3 is 15.2 Å². The molecule has 2 aromatic carbocycles. The number of hydrogen-bond donors (Lipinski definition) is 2. The van der Waals surface area contributed by atoms with E-state index in [-0.39, 0.29) is 40.7 Å². The molecule has 0 aliphatic carbocycles. The summed E-state index contributed by atoms with van der Waals surface area (Å²) in [5.74, 6) is -0.832. The molecule has 0 saturated carbocycles. The summed E-state index contributed by atoms with van der Waals surface area (Å²) in [4.78, 5) is 24.8. The lowest BCUT2D eigenvalue weighted by molar-refractivity contribution is -0.136.